The fourth-order valence-corrected chi connectivity index (χ4v) is 1.71. The van der Waals surface area contributed by atoms with E-state index in [0.717, 1.165) is 16.8 Å². The zero-order valence-corrected chi connectivity index (χ0v) is 11.8. The third-order valence-corrected chi connectivity index (χ3v) is 2.76. The van der Waals surface area contributed by atoms with Gasteiger partial charge in [-0.3, -0.25) is 4.79 Å². The van der Waals surface area contributed by atoms with Gasteiger partial charge >= 0.3 is 0 Å². The molecule has 0 unspecified atom stereocenters. The first-order chi connectivity index (χ1) is 8.40. The largest absolute Gasteiger partial charge is 0.359 e. The van der Waals surface area contributed by atoms with E-state index >= 15 is 0 Å². The Bertz CT molecular complexity index is 519. The molecule has 0 bridgehead atoms. The third kappa shape index (κ3) is 4.33. The number of aromatic nitrogens is 1. The van der Waals surface area contributed by atoms with Gasteiger partial charge in [-0.2, -0.15) is 0 Å². The second-order valence-corrected chi connectivity index (χ2v) is 4.84. The van der Waals surface area contributed by atoms with Crippen LogP contribution in [0.25, 0.3) is 0 Å². The lowest BCUT2D eigenvalue weighted by molar-refractivity contribution is 0.840. The molecule has 18 heavy (non-hydrogen) atoms. The van der Waals surface area contributed by atoms with Crippen LogP contribution in [0.4, 0.5) is 0 Å². The van der Waals surface area contributed by atoms with Crippen molar-refractivity contribution < 1.29 is 0 Å². The van der Waals surface area contributed by atoms with Gasteiger partial charge in [-0.25, -0.2) is 0 Å². The smallest absolute Gasteiger partial charge is 0.253 e. The minimum absolute atomic E-state index is 0.0669. The molecule has 0 fully saturated rings. The molecule has 4 nitrogen and oxygen atoms in total. The lowest BCUT2D eigenvalue weighted by atomic mass is 10.1. The quantitative estimate of drug-likeness (QED) is 0.571. The van der Waals surface area contributed by atoms with Crippen molar-refractivity contribution in [3.63, 3.8) is 0 Å². The number of rotatable bonds is 4. The van der Waals surface area contributed by atoms with Crippen LogP contribution in [-0.4, -0.2) is 16.6 Å². The van der Waals surface area contributed by atoms with E-state index < -0.39 is 0 Å². The van der Waals surface area contributed by atoms with Crippen molar-refractivity contribution in [1.29, 1.82) is 0 Å². The third-order valence-electron chi connectivity index (χ3n) is 2.47. The SMILES string of the molecule is C=C(C)CNC(=S)NCc1c(C)cc(C)[nH]c1=O. The first-order valence-corrected chi connectivity index (χ1v) is 6.16. The highest BCUT2D eigenvalue weighted by molar-refractivity contribution is 7.80. The molecule has 0 atom stereocenters. The molecule has 0 aliphatic rings. The van der Waals surface area contributed by atoms with Crippen molar-refractivity contribution in [2.75, 3.05) is 6.54 Å². The number of nitrogens with one attached hydrogen (secondary N) is 3. The van der Waals surface area contributed by atoms with E-state index in [9.17, 15) is 4.79 Å². The molecule has 0 aromatic carbocycles. The number of hydrogen-bond acceptors (Lipinski definition) is 2. The number of aromatic amines is 1. The Hall–Kier alpha value is -1.62. The summed E-state index contributed by atoms with van der Waals surface area (Å²) in [4.78, 5) is 14.5. The second kappa shape index (κ2) is 6.35. The number of thiocarbonyl (C=S) groups is 1. The molecule has 98 valence electrons. The number of H-pyrrole nitrogens is 1. The summed E-state index contributed by atoms with van der Waals surface area (Å²) in [6, 6.07) is 1.95. The first-order valence-electron chi connectivity index (χ1n) is 5.75. The zero-order chi connectivity index (χ0) is 13.7. The van der Waals surface area contributed by atoms with Crippen molar-refractivity contribution >= 4 is 17.3 Å². The molecule has 0 saturated heterocycles. The fourth-order valence-electron chi connectivity index (χ4n) is 1.56. The molecule has 1 aromatic rings. The van der Waals surface area contributed by atoms with E-state index in [4.69, 9.17) is 12.2 Å². The predicted octanol–water partition coefficient (Wildman–Crippen LogP) is 1.53. The van der Waals surface area contributed by atoms with E-state index in [-0.39, 0.29) is 5.56 Å². The standard InChI is InChI=1S/C13H19N3OS/c1-8(2)6-14-13(18)15-7-11-9(3)5-10(4)16-12(11)17/h5H,1,6-7H2,2-4H3,(H,16,17)(H2,14,15,18). The van der Waals surface area contributed by atoms with Crippen LogP contribution in [0.3, 0.4) is 0 Å². The molecular formula is C13H19N3OS. The summed E-state index contributed by atoms with van der Waals surface area (Å²) in [5.74, 6) is 0. The van der Waals surface area contributed by atoms with Gasteiger partial charge in [0.05, 0.1) is 0 Å². The van der Waals surface area contributed by atoms with Gasteiger partial charge in [0.25, 0.3) is 5.56 Å². The average molecular weight is 265 g/mol. The predicted molar refractivity (Wildman–Crippen MR) is 78.8 cm³/mol. The van der Waals surface area contributed by atoms with Crippen molar-refractivity contribution in [3.8, 4) is 0 Å². The maximum atomic E-state index is 11.8. The summed E-state index contributed by atoms with van der Waals surface area (Å²) >= 11 is 5.11. The molecule has 1 rings (SSSR count). The Morgan fingerprint density at radius 1 is 1.44 bits per heavy atom. The van der Waals surface area contributed by atoms with Crippen molar-refractivity contribution in [2.24, 2.45) is 0 Å². The Labute approximate surface area is 113 Å². The highest BCUT2D eigenvalue weighted by atomic mass is 32.1. The zero-order valence-electron chi connectivity index (χ0n) is 11.0. The van der Waals surface area contributed by atoms with E-state index in [0.29, 0.717) is 23.8 Å². The van der Waals surface area contributed by atoms with Crippen LogP contribution in [-0.2, 0) is 6.54 Å². The molecule has 0 aliphatic carbocycles. The fraction of sp³-hybridized carbons (Fsp3) is 0.385. The maximum Gasteiger partial charge on any atom is 0.253 e. The van der Waals surface area contributed by atoms with Gasteiger partial charge in [-0.15, -0.1) is 0 Å². The summed E-state index contributed by atoms with van der Waals surface area (Å²) in [5.41, 5.74) is 3.47. The Morgan fingerprint density at radius 3 is 2.67 bits per heavy atom. The van der Waals surface area contributed by atoms with Crippen LogP contribution in [0.15, 0.2) is 23.0 Å². The van der Waals surface area contributed by atoms with Gasteiger partial charge in [0.1, 0.15) is 0 Å². The van der Waals surface area contributed by atoms with Crippen LogP contribution in [0, 0.1) is 13.8 Å². The molecule has 0 aliphatic heterocycles. The lowest BCUT2D eigenvalue weighted by Crippen LogP contribution is -2.37. The van der Waals surface area contributed by atoms with E-state index in [1.165, 1.54) is 0 Å². The lowest BCUT2D eigenvalue weighted by Gasteiger charge is -2.11. The Morgan fingerprint density at radius 2 is 2.11 bits per heavy atom. The Balaban J connectivity index is 2.61. The van der Waals surface area contributed by atoms with E-state index in [2.05, 4.69) is 22.2 Å². The molecule has 5 heteroatoms. The number of pyridine rings is 1. The highest BCUT2D eigenvalue weighted by Crippen LogP contribution is 2.02. The minimum Gasteiger partial charge on any atom is -0.359 e. The molecule has 3 N–H and O–H groups in total. The van der Waals surface area contributed by atoms with Crippen LogP contribution < -0.4 is 16.2 Å². The molecule has 1 aromatic heterocycles. The van der Waals surface area contributed by atoms with Crippen molar-refractivity contribution in [2.45, 2.75) is 27.3 Å². The van der Waals surface area contributed by atoms with Gasteiger partial charge < -0.3 is 15.6 Å². The molecule has 0 amide bonds. The Kier molecular flexibility index (Phi) is 5.09. The maximum absolute atomic E-state index is 11.8. The topological polar surface area (TPSA) is 56.9 Å². The number of hydrogen-bond donors (Lipinski definition) is 3. The summed E-state index contributed by atoms with van der Waals surface area (Å²) in [7, 11) is 0. The summed E-state index contributed by atoms with van der Waals surface area (Å²) < 4.78 is 0. The van der Waals surface area contributed by atoms with Gasteiger partial charge in [0.2, 0.25) is 0 Å². The molecule has 0 radical (unpaired) electrons. The van der Waals surface area contributed by atoms with Crippen LogP contribution in [0.1, 0.15) is 23.7 Å². The average Bonchev–Trinajstić information content (AvgIpc) is 2.24. The highest BCUT2D eigenvalue weighted by Gasteiger charge is 2.05. The first kappa shape index (κ1) is 14.4. The van der Waals surface area contributed by atoms with E-state index in [1.54, 1.807) is 0 Å². The van der Waals surface area contributed by atoms with Crippen molar-refractivity contribution in [1.82, 2.24) is 15.6 Å². The van der Waals surface area contributed by atoms with Crippen LogP contribution in [0.2, 0.25) is 0 Å². The van der Waals surface area contributed by atoms with Gasteiger partial charge in [-0.1, -0.05) is 12.2 Å². The van der Waals surface area contributed by atoms with Crippen LogP contribution in [0.5, 0.6) is 0 Å². The second-order valence-electron chi connectivity index (χ2n) is 4.44. The summed E-state index contributed by atoms with van der Waals surface area (Å²) in [6.45, 7) is 10.5. The van der Waals surface area contributed by atoms with E-state index in [1.807, 2.05) is 26.8 Å². The molecule has 1 heterocycles. The molecule has 0 spiro atoms. The molecular weight excluding hydrogens is 246 g/mol. The molecule has 0 saturated carbocycles. The summed E-state index contributed by atoms with van der Waals surface area (Å²) in [6.07, 6.45) is 0. The summed E-state index contributed by atoms with van der Waals surface area (Å²) in [5, 5.41) is 6.55. The van der Waals surface area contributed by atoms with Crippen LogP contribution >= 0.6 is 12.2 Å². The monoisotopic (exact) mass is 265 g/mol. The van der Waals surface area contributed by atoms with Crippen molar-refractivity contribution in [3.05, 3.63) is 45.4 Å². The normalized spacial score (nSPS) is 9.94. The number of aryl methyl sites for hydroxylation is 2. The minimum atomic E-state index is -0.0669. The van der Waals surface area contributed by atoms with Gasteiger partial charge in [0.15, 0.2) is 5.11 Å². The van der Waals surface area contributed by atoms with Gasteiger partial charge in [0, 0.05) is 24.3 Å². The van der Waals surface area contributed by atoms with Gasteiger partial charge in [-0.05, 0) is 44.6 Å².